The molecule has 0 aliphatic heterocycles. The Hall–Kier alpha value is -0.670. The zero-order chi connectivity index (χ0) is 18.0. The van der Waals surface area contributed by atoms with Gasteiger partial charge >= 0.3 is 0 Å². The molecule has 140 valence electrons. The Kier molecular flexibility index (Phi) is 4.20. The molecule has 0 bridgehead atoms. The molecule has 0 saturated heterocycles. The molecular formula is C22H34O3. The van der Waals surface area contributed by atoms with E-state index in [1.165, 1.54) is 18.4 Å². The number of hydrogen-bond donors (Lipinski definition) is 2. The van der Waals surface area contributed by atoms with Gasteiger partial charge in [0.2, 0.25) is 0 Å². The van der Waals surface area contributed by atoms with Gasteiger partial charge in [-0.1, -0.05) is 26.3 Å². The summed E-state index contributed by atoms with van der Waals surface area (Å²) in [5.41, 5.74) is 1.48. The number of carbonyl (C=O) groups excluding carboxylic acids is 1. The molecule has 3 fully saturated rings. The molecule has 1 unspecified atom stereocenters. The van der Waals surface area contributed by atoms with E-state index in [1.54, 1.807) is 0 Å². The third kappa shape index (κ3) is 2.41. The van der Waals surface area contributed by atoms with Crippen LogP contribution in [0.5, 0.6) is 0 Å². The molecule has 0 heterocycles. The number of rotatable bonds is 2. The highest BCUT2D eigenvalue weighted by Crippen LogP contribution is 2.67. The summed E-state index contributed by atoms with van der Waals surface area (Å²) in [7, 11) is 0. The lowest BCUT2D eigenvalue weighted by molar-refractivity contribution is -0.137. The Labute approximate surface area is 151 Å². The topological polar surface area (TPSA) is 57.5 Å². The molecule has 0 amide bonds. The van der Waals surface area contributed by atoms with Crippen LogP contribution in [0.4, 0.5) is 0 Å². The van der Waals surface area contributed by atoms with Gasteiger partial charge in [0, 0.05) is 13.0 Å². The molecule has 0 spiro atoms. The van der Waals surface area contributed by atoms with Crippen molar-refractivity contribution < 1.29 is 15.0 Å². The lowest BCUT2D eigenvalue weighted by Gasteiger charge is -2.60. The fraction of sp³-hybridized carbons (Fsp3) is 0.864. The van der Waals surface area contributed by atoms with Crippen molar-refractivity contribution in [3.05, 3.63) is 11.6 Å². The van der Waals surface area contributed by atoms with Gasteiger partial charge in [-0.2, -0.15) is 0 Å². The van der Waals surface area contributed by atoms with Crippen LogP contribution >= 0.6 is 0 Å². The summed E-state index contributed by atoms with van der Waals surface area (Å²) in [6.07, 6.45) is 8.64. The van der Waals surface area contributed by atoms with Crippen LogP contribution in [0.1, 0.15) is 65.7 Å². The van der Waals surface area contributed by atoms with Crippen LogP contribution in [-0.2, 0) is 4.79 Å². The first-order valence-corrected chi connectivity index (χ1v) is 10.3. The first kappa shape index (κ1) is 17.7. The Bertz CT molecular complexity index is 596. The summed E-state index contributed by atoms with van der Waals surface area (Å²) in [6.45, 7) is 7.13. The third-order valence-electron chi connectivity index (χ3n) is 8.94. The molecule has 3 heteroatoms. The Morgan fingerprint density at radius 3 is 2.72 bits per heavy atom. The van der Waals surface area contributed by atoms with E-state index in [4.69, 9.17) is 0 Å². The van der Waals surface area contributed by atoms with Gasteiger partial charge in [0.1, 0.15) is 0 Å². The van der Waals surface area contributed by atoms with Gasteiger partial charge in [-0.15, -0.1) is 0 Å². The first-order valence-electron chi connectivity index (χ1n) is 10.3. The van der Waals surface area contributed by atoms with Crippen molar-refractivity contribution in [3.63, 3.8) is 0 Å². The zero-order valence-electron chi connectivity index (χ0n) is 16.0. The summed E-state index contributed by atoms with van der Waals surface area (Å²) in [6, 6.07) is 0. The molecule has 0 radical (unpaired) electrons. The molecular weight excluding hydrogens is 312 g/mol. The van der Waals surface area contributed by atoms with Gasteiger partial charge in [-0.3, -0.25) is 4.79 Å². The zero-order valence-corrected chi connectivity index (χ0v) is 16.0. The fourth-order valence-corrected chi connectivity index (χ4v) is 7.79. The molecule has 8 atom stereocenters. The standard InChI is InChI=1S/C22H34O3/c1-13(12-23)17-6-7-18-16-5-4-14-10-15(24)8-9-21(14,2)20(16)19(25)11-22(17,18)3/h10,13,16-20,23,25H,4-9,11-12H2,1-3H3/t13-,16+,17-,18+,19?,20-,21+,22-/m1/s1. The highest BCUT2D eigenvalue weighted by Gasteiger charge is 2.62. The highest BCUT2D eigenvalue weighted by atomic mass is 16.3. The van der Waals surface area contributed by atoms with Gasteiger partial charge in [0.15, 0.2) is 5.78 Å². The molecule has 4 rings (SSSR count). The van der Waals surface area contributed by atoms with Gasteiger partial charge in [-0.05, 0) is 85.0 Å². The monoisotopic (exact) mass is 346 g/mol. The van der Waals surface area contributed by atoms with Crippen molar-refractivity contribution in [1.82, 2.24) is 0 Å². The molecule has 0 aromatic rings. The average Bonchev–Trinajstić information content (AvgIpc) is 2.91. The molecule has 0 aromatic carbocycles. The first-order chi connectivity index (χ1) is 11.8. The minimum atomic E-state index is -0.278. The largest absolute Gasteiger partial charge is 0.396 e. The van der Waals surface area contributed by atoms with Crippen molar-refractivity contribution in [1.29, 1.82) is 0 Å². The van der Waals surface area contributed by atoms with Crippen LogP contribution in [0, 0.1) is 40.4 Å². The lowest BCUT2D eigenvalue weighted by Crippen LogP contribution is -2.57. The number of hydrogen-bond acceptors (Lipinski definition) is 3. The maximum Gasteiger partial charge on any atom is 0.155 e. The number of allylic oxidation sites excluding steroid dienone is 1. The van der Waals surface area contributed by atoms with Gasteiger partial charge in [-0.25, -0.2) is 0 Å². The second-order valence-corrected chi connectivity index (χ2v) is 10.0. The maximum atomic E-state index is 11.9. The number of carbonyl (C=O) groups is 1. The SMILES string of the molecule is C[C@H](CO)[C@H]1CC[C@H]2[C@@H]3CCC4=CC(=O)CC[C@]4(C)[C@H]3C(O)C[C@]12C. The number of ketones is 1. The van der Waals surface area contributed by atoms with E-state index in [1.807, 2.05) is 6.08 Å². The van der Waals surface area contributed by atoms with Gasteiger partial charge in [0.25, 0.3) is 0 Å². The van der Waals surface area contributed by atoms with Crippen molar-refractivity contribution in [2.24, 2.45) is 40.4 Å². The van der Waals surface area contributed by atoms with Crippen LogP contribution < -0.4 is 0 Å². The van der Waals surface area contributed by atoms with E-state index < -0.39 is 0 Å². The van der Waals surface area contributed by atoms with E-state index in [0.29, 0.717) is 36.0 Å². The van der Waals surface area contributed by atoms with Crippen LogP contribution in [0.15, 0.2) is 11.6 Å². The number of fused-ring (bicyclic) bond motifs is 5. The fourth-order valence-electron chi connectivity index (χ4n) is 7.79. The predicted octanol–water partition coefficient (Wildman–Crippen LogP) is 3.73. The second kappa shape index (κ2) is 5.92. The van der Waals surface area contributed by atoms with Gasteiger partial charge < -0.3 is 10.2 Å². The number of aliphatic hydroxyl groups is 2. The minimum Gasteiger partial charge on any atom is -0.396 e. The summed E-state index contributed by atoms with van der Waals surface area (Å²) >= 11 is 0. The van der Waals surface area contributed by atoms with E-state index in [0.717, 1.165) is 25.7 Å². The minimum absolute atomic E-state index is 0.0122. The highest BCUT2D eigenvalue weighted by molar-refractivity contribution is 5.91. The molecule has 25 heavy (non-hydrogen) atoms. The number of aliphatic hydroxyl groups excluding tert-OH is 2. The van der Waals surface area contributed by atoms with E-state index in [9.17, 15) is 15.0 Å². The molecule has 3 saturated carbocycles. The van der Waals surface area contributed by atoms with Crippen LogP contribution in [0.3, 0.4) is 0 Å². The maximum absolute atomic E-state index is 11.9. The summed E-state index contributed by atoms with van der Waals surface area (Å²) in [5, 5.41) is 21.0. The van der Waals surface area contributed by atoms with E-state index >= 15 is 0 Å². The van der Waals surface area contributed by atoms with E-state index in [-0.39, 0.29) is 29.3 Å². The summed E-state index contributed by atoms with van der Waals surface area (Å²) in [5.74, 6) is 2.66. The van der Waals surface area contributed by atoms with Crippen LogP contribution in [0.25, 0.3) is 0 Å². The van der Waals surface area contributed by atoms with Crippen molar-refractivity contribution in [2.75, 3.05) is 6.61 Å². The van der Waals surface area contributed by atoms with E-state index in [2.05, 4.69) is 20.8 Å². The Morgan fingerprint density at radius 2 is 2.00 bits per heavy atom. The molecule has 4 aliphatic carbocycles. The molecule has 2 N–H and O–H groups in total. The molecule has 0 aromatic heterocycles. The van der Waals surface area contributed by atoms with Crippen LogP contribution in [0.2, 0.25) is 0 Å². The molecule has 4 aliphatic rings. The van der Waals surface area contributed by atoms with Gasteiger partial charge in [0.05, 0.1) is 6.10 Å². The Morgan fingerprint density at radius 1 is 1.24 bits per heavy atom. The molecule has 3 nitrogen and oxygen atoms in total. The average molecular weight is 347 g/mol. The predicted molar refractivity (Wildman–Crippen MR) is 97.8 cm³/mol. The van der Waals surface area contributed by atoms with Crippen molar-refractivity contribution in [2.45, 2.75) is 71.8 Å². The quantitative estimate of drug-likeness (QED) is 0.801. The smallest absolute Gasteiger partial charge is 0.155 e. The summed E-state index contributed by atoms with van der Waals surface area (Å²) < 4.78 is 0. The van der Waals surface area contributed by atoms with Crippen molar-refractivity contribution in [3.8, 4) is 0 Å². The Balaban J connectivity index is 1.69. The van der Waals surface area contributed by atoms with Crippen molar-refractivity contribution >= 4 is 5.78 Å². The summed E-state index contributed by atoms with van der Waals surface area (Å²) in [4.78, 5) is 11.9. The second-order valence-electron chi connectivity index (χ2n) is 10.0. The normalized spacial score (nSPS) is 50.5. The third-order valence-corrected chi connectivity index (χ3v) is 8.94. The van der Waals surface area contributed by atoms with Crippen LogP contribution in [-0.4, -0.2) is 28.7 Å². The lowest BCUT2D eigenvalue weighted by atomic mass is 9.45.